The molecule has 0 aliphatic rings. The first-order valence-electron chi connectivity index (χ1n) is 11.1. The largest absolute Gasteiger partial charge is 0.493 e. The van der Waals surface area contributed by atoms with Crippen LogP contribution in [0.15, 0.2) is 29.8 Å². The number of nitriles is 1. The van der Waals surface area contributed by atoms with Crippen LogP contribution >= 0.6 is 0 Å². The third-order valence-corrected chi connectivity index (χ3v) is 5.37. The van der Waals surface area contributed by atoms with Crippen molar-refractivity contribution in [2.45, 2.75) is 53.8 Å². The number of carbonyl (C=O) groups excluding carboxylic acids is 2. The number of esters is 1. The van der Waals surface area contributed by atoms with Crippen molar-refractivity contribution in [2.75, 3.05) is 14.2 Å². The van der Waals surface area contributed by atoms with E-state index in [1.807, 2.05) is 26.0 Å². The number of benzene rings is 1. The molecule has 1 unspecified atom stereocenters. The summed E-state index contributed by atoms with van der Waals surface area (Å²) in [6.45, 7) is 10.7. The van der Waals surface area contributed by atoms with E-state index in [2.05, 4.69) is 23.7 Å². The number of hydrogen-bond donors (Lipinski definition) is 1. The molecule has 0 spiro atoms. The Balaban J connectivity index is 2.05. The fourth-order valence-electron chi connectivity index (χ4n) is 3.51. The number of aryl methyl sites for hydroxylation is 1. The first-order valence-corrected chi connectivity index (χ1v) is 11.1. The van der Waals surface area contributed by atoms with Crippen molar-refractivity contribution in [3.05, 3.63) is 52.4 Å². The van der Waals surface area contributed by atoms with Crippen LogP contribution in [0.2, 0.25) is 0 Å². The average molecular weight is 468 g/mol. The number of ether oxygens (including phenoxy) is 3. The molecule has 34 heavy (non-hydrogen) atoms. The van der Waals surface area contributed by atoms with Crippen LogP contribution in [0.1, 0.15) is 43.3 Å². The van der Waals surface area contributed by atoms with Gasteiger partial charge in [0.1, 0.15) is 11.6 Å². The van der Waals surface area contributed by atoms with Crippen LogP contribution in [0, 0.1) is 31.1 Å². The van der Waals surface area contributed by atoms with Gasteiger partial charge in [-0.05, 0) is 62.1 Å². The predicted molar refractivity (Wildman–Crippen MR) is 129 cm³/mol. The second kappa shape index (κ2) is 11.9. The smallest absolute Gasteiger partial charge is 0.349 e. The van der Waals surface area contributed by atoms with E-state index < -0.39 is 18.0 Å². The molecule has 0 fully saturated rings. The standard InChI is InChI=1S/C26H33N3O5/c1-16(2)15-29-17(3)10-21(18(29)4)12-22(13-27)26(31)34-19(5)25(30)28-14-20-8-9-23(32-6)24(11-20)33-7/h8-12,16,19H,14-15H2,1-7H3,(H,28,30)/b22-12+. The average Bonchev–Trinajstić information content (AvgIpc) is 3.07. The number of nitrogens with zero attached hydrogens (tertiary/aromatic N) is 2. The summed E-state index contributed by atoms with van der Waals surface area (Å²) >= 11 is 0. The number of rotatable bonds is 10. The van der Waals surface area contributed by atoms with Gasteiger partial charge < -0.3 is 24.1 Å². The lowest BCUT2D eigenvalue weighted by Gasteiger charge is -2.14. The van der Waals surface area contributed by atoms with Crippen LogP contribution in [0.25, 0.3) is 6.08 Å². The first-order chi connectivity index (χ1) is 16.1. The summed E-state index contributed by atoms with van der Waals surface area (Å²) in [4.78, 5) is 25.0. The summed E-state index contributed by atoms with van der Waals surface area (Å²) in [5.74, 6) is 0.270. The number of carbonyl (C=O) groups is 2. The summed E-state index contributed by atoms with van der Waals surface area (Å²) in [7, 11) is 3.08. The van der Waals surface area contributed by atoms with Crippen molar-refractivity contribution >= 4 is 18.0 Å². The highest BCUT2D eigenvalue weighted by Gasteiger charge is 2.21. The number of methoxy groups -OCH3 is 2. The van der Waals surface area contributed by atoms with Gasteiger partial charge in [-0.2, -0.15) is 5.26 Å². The number of nitrogens with one attached hydrogen (secondary N) is 1. The highest BCUT2D eigenvalue weighted by molar-refractivity contribution is 5.99. The lowest BCUT2D eigenvalue weighted by atomic mass is 10.1. The van der Waals surface area contributed by atoms with Crippen molar-refractivity contribution in [2.24, 2.45) is 5.92 Å². The summed E-state index contributed by atoms with van der Waals surface area (Å²) in [5, 5.41) is 12.2. The Hall–Kier alpha value is -3.73. The van der Waals surface area contributed by atoms with Crippen LogP contribution in [0.3, 0.4) is 0 Å². The van der Waals surface area contributed by atoms with Gasteiger partial charge in [0.2, 0.25) is 0 Å². The molecule has 1 amide bonds. The molecular formula is C26H33N3O5. The summed E-state index contributed by atoms with van der Waals surface area (Å²) in [6.07, 6.45) is 0.438. The van der Waals surface area contributed by atoms with Gasteiger partial charge in [-0.1, -0.05) is 19.9 Å². The molecular weight excluding hydrogens is 434 g/mol. The molecule has 0 radical (unpaired) electrons. The number of hydrogen-bond acceptors (Lipinski definition) is 6. The highest BCUT2D eigenvalue weighted by Crippen LogP contribution is 2.27. The molecule has 8 nitrogen and oxygen atoms in total. The van der Waals surface area contributed by atoms with Gasteiger partial charge in [0.15, 0.2) is 17.6 Å². The summed E-state index contributed by atoms with van der Waals surface area (Å²) in [5.41, 5.74) is 3.42. The molecule has 1 aromatic carbocycles. The maximum atomic E-state index is 12.6. The molecule has 8 heteroatoms. The lowest BCUT2D eigenvalue weighted by molar-refractivity contribution is -0.150. The van der Waals surface area contributed by atoms with Crippen LogP contribution in [0.4, 0.5) is 0 Å². The van der Waals surface area contributed by atoms with E-state index in [0.717, 1.165) is 29.1 Å². The van der Waals surface area contributed by atoms with Crippen molar-refractivity contribution in [1.29, 1.82) is 5.26 Å². The zero-order chi connectivity index (χ0) is 25.4. The van der Waals surface area contributed by atoms with Crippen molar-refractivity contribution in [1.82, 2.24) is 9.88 Å². The summed E-state index contributed by atoms with van der Waals surface area (Å²) < 4.78 is 17.9. The molecule has 0 aliphatic heterocycles. The molecule has 1 aromatic heterocycles. The number of aromatic nitrogens is 1. The van der Waals surface area contributed by atoms with Gasteiger partial charge in [-0.3, -0.25) is 4.79 Å². The second-order valence-electron chi connectivity index (χ2n) is 8.46. The molecule has 1 heterocycles. The maximum Gasteiger partial charge on any atom is 0.349 e. The minimum atomic E-state index is -1.07. The van der Waals surface area contributed by atoms with Crippen LogP contribution in [-0.2, 0) is 27.4 Å². The molecule has 0 aliphatic carbocycles. The Morgan fingerprint density at radius 1 is 1.12 bits per heavy atom. The molecule has 0 bridgehead atoms. The summed E-state index contributed by atoms with van der Waals surface area (Å²) in [6, 6.07) is 9.11. The maximum absolute atomic E-state index is 12.6. The van der Waals surface area contributed by atoms with E-state index in [-0.39, 0.29) is 12.1 Å². The molecule has 2 rings (SSSR count). The van der Waals surface area contributed by atoms with Gasteiger partial charge in [0.25, 0.3) is 5.91 Å². The van der Waals surface area contributed by atoms with E-state index in [1.165, 1.54) is 20.1 Å². The monoisotopic (exact) mass is 467 g/mol. The zero-order valence-corrected chi connectivity index (χ0v) is 20.9. The van der Waals surface area contributed by atoms with Crippen molar-refractivity contribution < 1.29 is 23.8 Å². The van der Waals surface area contributed by atoms with E-state index in [1.54, 1.807) is 25.3 Å². The quantitative estimate of drug-likeness (QED) is 0.323. The minimum Gasteiger partial charge on any atom is -0.493 e. The van der Waals surface area contributed by atoms with Gasteiger partial charge >= 0.3 is 5.97 Å². The Morgan fingerprint density at radius 2 is 1.79 bits per heavy atom. The first kappa shape index (κ1) is 26.5. The fraction of sp³-hybridized carbons (Fsp3) is 0.423. The SMILES string of the molecule is COc1ccc(CNC(=O)C(C)OC(=O)/C(C#N)=C/c2cc(C)n(CC(C)C)c2C)cc1OC. The van der Waals surface area contributed by atoms with Crippen LogP contribution in [0.5, 0.6) is 11.5 Å². The molecule has 1 N–H and O–H groups in total. The van der Waals surface area contributed by atoms with E-state index in [9.17, 15) is 14.9 Å². The Bertz CT molecular complexity index is 1110. The van der Waals surface area contributed by atoms with E-state index in [0.29, 0.717) is 17.4 Å². The van der Waals surface area contributed by atoms with Crippen molar-refractivity contribution in [3.8, 4) is 17.6 Å². The molecule has 0 saturated carbocycles. The van der Waals surface area contributed by atoms with E-state index in [4.69, 9.17) is 14.2 Å². The Morgan fingerprint density at radius 3 is 2.38 bits per heavy atom. The third kappa shape index (κ3) is 6.64. The zero-order valence-electron chi connectivity index (χ0n) is 20.9. The van der Waals surface area contributed by atoms with Crippen LogP contribution in [-0.4, -0.2) is 36.8 Å². The number of amides is 1. The molecule has 1 atom stereocenters. The normalized spacial score (nSPS) is 12.1. The van der Waals surface area contributed by atoms with Crippen molar-refractivity contribution in [3.63, 3.8) is 0 Å². The second-order valence-corrected chi connectivity index (χ2v) is 8.46. The van der Waals surface area contributed by atoms with E-state index >= 15 is 0 Å². The highest BCUT2D eigenvalue weighted by atomic mass is 16.5. The fourth-order valence-corrected chi connectivity index (χ4v) is 3.51. The third-order valence-electron chi connectivity index (χ3n) is 5.37. The molecule has 0 saturated heterocycles. The lowest BCUT2D eigenvalue weighted by Crippen LogP contribution is -2.35. The van der Waals surface area contributed by atoms with Crippen LogP contribution < -0.4 is 14.8 Å². The van der Waals surface area contributed by atoms with Gasteiger partial charge in [0.05, 0.1) is 14.2 Å². The molecule has 182 valence electrons. The van der Waals surface area contributed by atoms with Gasteiger partial charge in [0, 0.05) is 24.5 Å². The Labute approximate surface area is 201 Å². The Kier molecular flexibility index (Phi) is 9.31. The van der Waals surface area contributed by atoms with Gasteiger partial charge in [-0.15, -0.1) is 0 Å². The molecule has 2 aromatic rings. The predicted octanol–water partition coefficient (Wildman–Crippen LogP) is 3.93. The topological polar surface area (TPSA) is 103 Å². The minimum absolute atomic E-state index is 0.163. The van der Waals surface area contributed by atoms with Gasteiger partial charge in [-0.25, -0.2) is 4.79 Å².